The van der Waals surface area contributed by atoms with Crippen molar-refractivity contribution in [3.8, 4) is 11.4 Å². The quantitative estimate of drug-likeness (QED) is 0.718. The molecular formula is C21H23N5OS. The number of carbonyl (C=O) groups is 1. The van der Waals surface area contributed by atoms with Crippen LogP contribution in [-0.2, 0) is 4.79 Å². The molecule has 1 amide bonds. The molecule has 3 aromatic rings. The van der Waals surface area contributed by atoms with E-state index in [1.165, 1.54) is 11.8 Å². The summed E-state index contributed by atoms with van der Waals surface area (Å²) in [5.74, 6) is 0.865. The lowest BCUT2D eigenvalue weighted by atomic mass is 10.0. The van der Waals surface area contributed by atoms with Crippen molar-refractivity contribution >= 4 is 17.7 Å². The lowest BCUT2D eigenvalue weighted by Crippen LogP contribution is -2.45. The first kappa shape index (κ1) is 18.6. The number of nitrogens with one attached hydrogen (secondary N) is 1. The molecule has 1 aliphatic heterocycles. The minimum absolute atomic E-state index is 0.117. The van der Waals surface area contributed by atoms with Crippen LogP contribution in [0.5, 0.6) is 0 Å². The van der Waals surface area contributed by atoms with Crippen molar-refractivity contribution in [3.05, 3.63) is 66.2 Å². The number of benzene rings is 2. The number of thioether (sulfide) groups is 1. The van der Waals surface area contributed by atoms with Crippen LogP contribution in [0.4, 0.5) is 0 Å². The predicted octanol–water partition coefficient (Wildman–Crippen LogP) is 3.57. The highest BCUT2D eigenvalue weighted by Crippen LogP contribution is 2.39. The van der Waals surface area contributed by atoms with Crippen molar-refractivity contribution in [1.82, 2.24) is 19.8 Å². The molecule has 0 fully saturated rings. The number of nitrogens with zero attached hydrogens (tertiary/aromatic N) is 4. The maximum Gasteiger partial charge on any atom is 0.238 e. The number of hydrogen-bond donors (Lipinski definition) is 1. The number of amides is 1. The molecule has 0 radical (unpaired) electrons. The van der Waals surface area contributed by atoms with Crippen LogP contribution < -0.4 is 5.43 Å². The highest BCUT2D eigenvalue weighted by Gasteiger charge is 2.39. The average molecular weight is 394 g/mol. The Morgan fingerprint density at radius 3 is 2.32 bits per heavy atom. The van der Waals surface area contributed by atoms with Gasteiger partial charge in [0.15, 0.2) is 5.82 Å². The number of carbonyl (C=O) groups excluding carboxylic acids is 1. The summed E-state index contributed by atoms with van der Waals surface area (Å²) < 4.78 is 1.91. The fraction of sp³-hybridized carbons (Fsp3) is 0.286. The van der Waals surface area contributed by atoms with E-state index in [-0.39, 0.29) is 17.2 Å². The fourth-order valence-electron chi connectivity index (χ4n) is 3.44. The first-order valence-electron chi connectivity index (χ1n) is 9.50. The zero-order valence-corrected chi connectivity index (χ0v) is 16.8. The van der Waals surface area contributed by atoms with E-state index in [2.05, 4.69) is 27.8 Å². The zero-order chi connectivity index (χ0) is 19.5. The second kappa shape index (κ2) is 8.06. The molecule has 1 aromatic heterocycles. The van der Waals surface area contributed by atoms with Gasteiger partial charge < -0.3 is 10.3 Å². The Bertz CT molecular complexity index is 940. The third-order valence-corrected chi connectivity index (χ3v) is 6.15. The number of aromatic nitrogens is 3. The van der Waals surface area contributed by atoms with Crippen molar-refractivity contribution in [2.24, 2.45) is 0 Å². The Balaban J connectivity index is 1.75. The second-order valence-corrected chi connectivity index (χ2v) is 7.68. The van der Waals surface area contributed by atoms with Gasteiger partial charge in [0.2, 0.25) is 11.1 Å². The lowest BCUT2D eigenvalue weighted by Gasteiger charge is -2.35. The van der Waals surface area contributed by atoms with E-state index in [9.17, 15) is 4.79 Å². The minimum Gasteiger partial charge on any atom is -0.342 e. The van der Waals surface area contributed by atoms with E-state index in [4.69, 9.17) is 0 Å². The number of fused-ring (bicyclic) bond motifs is 1. The first-order chi connectivity index (χ1) is 13.7. The summed E-state index contributed by atoms with van der Waals surface area (Å²) in [6, 6.07) is 19.9. The Kier molecular flexibility index (Phi) is 5.34. The molecule has 0 saturated heterocycles. The third kappa shape index (κ3) is 3.38. The van der Waals surface area contributed by atoms with Gasteiger partial charge in [0.05, 0.1) is 6.04 Å². The van der Waals surface area contributed by atoms with E-state index in [0.717, 1.165) is 17.0 Å². The van der Waals surface area contributed by atoms with Crippen LogP contribution in [0.3, 0.4) is 0 Å². The maximum absolute atomic E-state index is 13.2. The van der Waals surface area contributed by atoms with Crippen molar-refractivity contribution in [1.29, 1.82) is 0 Å². The average Bonchev–Trinajstić information content (AvgIpc) is 3.18. The van der Waals surface area contributed by atoms with Gasteiger partial charge in [0.1, 0.15) is 5.25 Å². The summed E-state index contributed by atoms with van der Waals surface area (Å²) >= 11 is 1.48. The van der Waals surface area contributed by atoms with Crippen LogP contribution in [0.2, 0.25) is 0 Å². The number of hydrogen-bond acceptors (Lipinski definition) is 5. The normalized spacial score (nSPS) is 18.2. The first-order valence-corrected chi connectivity index (χ1v) is 10.4. The molecule has 0 bridgehead atoms. The summed E-state index contributed by atoms with van der Waals surface area (Å²) in [4.78, 5) is 15.1. The molecule has 2 atom stereocenters. The summed E-state index contributed by atoms with van der Waals surface area (Å²) in [5, 5.41) is 9.13. The van der Waals surface area contributed by atoms with Gasteiger partial charge in [-0.2, -0.15) is 0 Å². The Hall–Kier alpha value is -2.80. The molecule has 4 rings (SSSR count). The Morgan fingerprint density at radius 1 is 1.04 bits per heavy atom. The predicted molar refractivity (Wildman–Crippen MR) is 112 cm³/mol. The number of rotatable bonds is 5. The van der Waals surface area contributed by atoms with Crippen LogP contribution in [0.25, 0.3) is 11.4 Å². The molecular weight excluding hydrogens is 370 g/mol. The Morgan fingerprint density at radius 2 is 1.68 bits per heavy atom. The fourth-order valence-corrected chi connectivity index (χ4v) is 4.61. The van der Waals surface area contributed by atoms with Gasteiger partial charge in [0.25, 0.3) is 0 Å². The van der Waals surface area contributed by atoms with Crippen molar-refractivity contribution < 1.29 is 4.79 Å². The Labute approximate surface area is 168 Å². The molecule has 28 heavy (non-hydrogen) atoms. The topological polar surface area (TPSA) is 63.1 Å². The van der Waals surface area contributed by atoms with E-state index in [0.29, 0.717) is 18.2 Å². The van der Waals surface area contributed by atoms with Gasteiger partial charge in [-0.15, -0.1) is 10.2 Å². The summed E-state index contributed by atoms with van der Waals surface area (Å²) in [7, 11) is 0. The molecule has 0 aliphatic carbocycles. The monoisotopic (exact) mass is 393 g/mol. The standard InChI is InChI=1S/C21H23N5OS/c1-3-25(4-2)20(27)18-17(15-11-7-5-8-12-15)24-26-19(22-23-21(26)28-18)16-13-9-6-10-14-16/h5-14,17-18,24H,3-4H2,1-2H3. The van der Waals surface area contributed by atoms with Crippen LogP contribution in [-0.4, -0.2) is 44.0 Å². The molecule has 2 unspecified atom stereocenters. The lowest BCUT2D eigenvalue weighted by molar-refractivity contribution is -0.130. The summed E-state index contributed by atoms with van der Waals surface area (Å²) in [6.45, 7) is 5.40. The van der Waals surface area contributed by atoms with Gasteiger partial charge in [-0.05, 0) is 19.4 Å². The van der Waals surface area contributed by atoms with Gasteiger partial charge in [0, 0.05) is 18.7 Å². The van der Waals surface area contributed by atoms with Crippen molar-refractivity contribution in [2.45, 2.75) is 30.3 Å². The largest absolute Gasteiger partial charge is 0.342 e. The van der Waals surface area contributed by atoms with Gasteiger partial charge in [-0.1, -0.05) is 72.4 Å². The molecule has 0 saturated carbocycles. The van der Waals surface area contributed by atoms with E-state index < -0.39 is 0 Å². The SMILES string of the molecule is CCN(CC)C(=O)C1Sc2nnc(-c3ccccc3)n2NC1c1ccccc1. The highest BCUT2D eigenvalue weighted by molar-refractivity contribution is 8.00. The van der Waals surface area contributed by atoms with E-state index >= 15 is 0 Å². The molecule has 0 spiro atoms. The van der Waals surface area contributed by atoms with Gasteiger partial charge >= 0.3 is 0 Å². The molecule has 7 heteroatoms. The molecule has 144 valence electrons. The molecule has 1 N–H and O–H groups in total. The van der Waals surface area contributed by atoms with Crippen molar-refractivity contribution in [3.63, 3.8) is 0 Å². The van der Waals surface area contributed by atoms with E-state index in [1.807, 2.05) is 72.0 Å². The minimum atomic E-state index is -0.303. The highest BCUT2D eigenvalue weighted by atomic mass is 32.2. The summed E-state index contributed by atoms with van der Waals surface area (Å²) in [5.41, 5.74) is 5.57. The zero-order valence-electron chi connectivity index (χ0n) is 15.9. The summed E-state index contributed by atoms with van der Waals surface area (Å²) in [6.07, 6.45) is 0. The maximum atomic E-state index is 13.2. The van der Waals surface area contributed by atoms with E-state index in [1.54, 1.807) is 0 Å². The van der Waals surface area contributed by atoms with Crippen LogP contribution in [0.1, 0.15) is 25.5 Å². The van der Waals surface area contributed by atoms with Gasteiger partial charge in [-0.3, -0.25) is 4.79 Å². The third-order valence-electron chi connectivity index (χ3n) is 4.95. The molecule has 2 heterocycles. The molecule has 6 nitrogen and oxygen atoms in total. The smallest absolute Gasteiger partial charge is 0.238 e. The van der Waals surface area contributed by atoms with Crippen molar-refractivity contribution in [2.75, 3.05) is 18.5 Å². The molecule has 2 aromatic carbocycles. The van der Waals surface area contributed by atoms with Crippen LogP contribution >= 0.6 is 11.8 Å². The van der Waals surface area contributed by atoms with Crippen LogP contribution in [0, 0.1) is 0 Å². The second-order valence-electron chi connectivity index (χ2n) is 6.57. The van der Waals surface area contributed by atoms with Crippen LogP contribution in [0.15, 0.2) is 65.8 Å². The van der Waals surface area contributed by atoms with Gasteiger partial charge in [-0.25, -0.2) is 4.68 Å². The molecule has 1 aliphatic rings.